The molecule has 3 N–H and O–H groups in total. The van der Waals surface area contributed by atoms with E-state index < -0.39 is 5.54 Å². The van der Waals surface area contributed by atoms with Gasteiger partial charge in [-0.2, -0.15) is 0 Å². The number of ether oxygens (including phenoxy) is 1. The van der Waals surface area contributed by atoms with Crippen molar-refractivity contribution in [1.82, 2.24) is 5.32 Å². The fourth-order valence-corrected chi connectivity index (χ4v) is 3.60. The average Bonchev–Trinajstić information content (AvgIpc) is 2.48. The van der Waals surface area contributed by atoms with Crippen LogP contribution in [0.3, 0.4) is 0 Å². The summed E-state index contributed by atoms with van der Waals surface area (Å²) in [5.41, 5.74) is 6.56. The summed E-state index contributed by atoms with van der Waals surface area (Å²) in [6.07, 6.45) is 4.43. The van der Waals surface area contributed by atoms with Crippen molar-refractivity contribution >= 4 is 18.3 Å². The molecule has 0 radical (unpaired) electrons. The van der Waals surface area contributed by atoms with Gasteiger partial charge in [-0.3, -0.25) is 4.79 Å². The molecule has 2 unspecified atom stereocenters. The van der Waals surface area contributed by atoms with Crippen molar-refractivity contribution in [2.24, 2.45) is 11.7 Å². The maximum absolute atomic E-state index is 13.8. The molecule has 3 rings (SSSR count). The summed E-state index contributed by atoms with van der Waals surface area (Å²) in [6, 6.07) is 4.63. The molecule has 1 aliphatic heterocycles. The van der Waals surface area contributed by atoms with Gasteiger partial charge in [0, 0.05) is 17.5 Å². The van der Waals surface area contributed by atoms with Gasteiger partial charge in [0.05, 0.1) is 18.6 Å². The number of fused-ring (bicyclic) bond motifs is 1. The Morgan fingerprint density at radius 2 is 2.17 bits per heavy atom. The van der Waals surface area contributed by atoms with E-state index in [1.54, 1.807) is 6.07 Å². The number of carbonyl (C=O) groups excluding carboxylic acids is 1. The zero-order chi connectivity index (χ0) is 15.7. The minimum atomic E-state index is -0.460. The Bertz CT molecular complexity index is 580. The van der Waals surface area contributed by atoms with Gasteiger partial charge in [-0.05, 0) is 25.8 Å². The van der Waals surface area contributed by atoms with E-state index in [1.165, 1.54) is 6.07 Å². The van der Waals surface area contributed by atoms with E-state index in [1.807, 2.05) is 13.0 Å². The molecule has 3 atom stereocenters. The number of hydrogen-bond donors (Lipinski definition) is 2. The molecule has 1 amide bonds. The van der Waals surface area contributed by atoms with E-state index >= 15 is 0 Å². The highest BCUT2D eigenvalue weighted by Gasteiger charge is 2.39. The summed E-state index contributed by atoms with van der Waals surface area (Å²) in [7, 11) is 0. The Morgan fingerprint density at radius 1 is 1.39 bits per heavy atom. The lowest BCUT2D eigenvalue weighted by molar-refractivity contribution is -0.129. The zero-order valence-electron chi connectivity index (χ0n) is 13.3. The van der Waals surface area contributed by atoms with Gasteiger partial charge in [0.2, 0.25) is 5.91 Å². The molecule has 1 heterocycles. The number of hydrogen-bond acceptors (Lipinski definition) is 3. The van der Waals surface area contributed by atoms with Gasteiger partial charge in [-0.1, -0.05) is 25.0 Å². The average molecular weight is 343 g/mol. The topological polar surface area (TPSA) is 64.4 Å². The molecule has 4 nitrogen and oxygen atoms in total. The minimum absolute atomic E-state index is 0. The van der Waals surface area contributed by atoms with Gasteiger partial charge in [-0.15, -0.1) is 12.4 Å². The standard InChI is InChI=1S/C17H23FN2O2.ClH/c1-17(19)9-3-2-6-12(17)16(21)20-14-8-10-22-15-11(14)5-4-7-13(15)18;/h4-5,7,12,14H,2-3,6,8-10,19H2,1H3,(H,20,21);1H/t12?,14-,17?;/m1./s1. The number of rotatable bonds is 2. The van der Waals surface area contributed by atoms with Crippen LogP contribution in [0.15, 0.2) is 18.2 Å². The number of benzene rings is 1. The van der Waals surface area contributed by atoms with Crippen LogP contribution in [0.4, 0.5) is 4.39 Å². The maximum atomic E-state index is 13.8. The minimum Gasteiger partial charge on any atom is -0.490 e. The normalized spacial score (nSPS) is 29.7. The molecule has 0 aromatic heterocycles. The number of halogens is 2. The van der Waals surface area contributed by atoms with Crippen molar-refractivity contribution in [2.75, 3.05) is 6.61 Å². The van der Waals surface area contributed by atoms with E-state index in [0.717, 1.165) is 25.7 Å². The van der Waals surface area contributed by atoms with E-state index in [2.05, 4.69) is 5.32 Å². The fourth-order valence-electron chi connectivity index (χ4n) is 3.60. The first-order chi connectivity index (χ1) is 10.5. The molecule has 1 saturated carbocycles. The molecule has 1 fully saturated rings. The van der Waals surface area contributed by atoms with Gasteiger partial charge >= 0.3 is 0 Å². The Labute approximate surface area is 142 Å². The number of nitrogens with two attached hydrogens (primary N) is 1. The lowest BCUT2D eigenvalue weighted by Gasteiger charge is -2.38. The highest BCUT2D eigenvalue weighted by Crippen LogP contribution is 2.36. The number of para-hydroxylation sites is 1. The lowest BCUT2D eigenvalue weighted by atomic mass is 9.74. The van der Waals surface area contributed by atoms with Crippen LogP contribution in [0.2, 0.25) is 0 Å². The Kier molecular flexibility index (Phi) is 5.53. The van der Waals surface area contributed by atoms with Crippen LogP contribution >= 0.6 is 12.4 Å². The van der Waals surface area contributed by atoms with Crippen LogP contribution in [0.25, 0.3) is 0 Å². The SMILES string of the molecule is CC1(N)CCCCC1C(=O)N[C@@H]1CCOc2c(F)cccc21.Cl. The van der Waals surface area contributed by atoms with Crippen LogP contribution < -0.4 is 15.8 Å². The molecular formula is C17H24ClFN2O2. The monoisotopic (exact) mass is 342 g/mol. The molecular weight excluding hydrogens is 319 g/mol. The van der Waals surface area contributed by atoms with E-state index in [0.29, 0.717) is 18.6 Å². The van der Waals surface area contributed by atoms with Gasteiger partial charge in [0.1, 0.15) is 0 Å². The van der Waals surface area contributed by atoms with Crippen LogP contribution in [-0.2, 0) is 4.79 Å². The first-order valence-corrected chi connectivity index (χ1v) is 7.99. The maximum Gasteiger partial charge on any atom is 0.225 e. The lowest BCUT2D eigenvalue weighted by Crippen LogP contribution is -2.53. The molecule has 1 aliphatic carbocycles. The Balaban J connectivity index is 0.00000192. The van der Waals surface area contributed by atoms with Crippen molar-refractivity contribution in [2.45, 2.75) is 50.6 Å². The number of nitrogens with one attached hydrogen (secondary N) is 1. The Morgan fingerprint density at radius 3 is 2.91 bits per heavy atom. The number of carbonyl (C=O) groups is 1. The van der Waals surface area contributed by atoms with Gasteiger partial charge < -0.3 is 15.8 Å². The van der Waals surface area contributed by atoms with Crippen LogP contribution in [0.5, 0.6) is 5.75 Å². The second-order valence-electron chi connectivity index (χ2n) is 6.66. The van der Waals surface area contributed by atoms with E-state index in [-0.39, 0.29) is 41.8 Å². The largest absolute Gasteiger partial charge is 0.490 e. The quantitative estimate of drug-likeness (QED) is 0.868. The summed E-state index contributed by atoms with van der Waals surface area (Å²) in [6.45, 7) is 2.36. The van der Waals surface area contributed by atoms with Crippen molar-refractivity contribution in [3.8, 4) is 5.75 Å². The second kappa shape index (κ2) is 7.05. The third-order valence-corrected chi connectivity index (χ3v) is 4.91. The molecule has 6 heteroatoms. The molecule has 0 bridgehead atoms. The molecule has 128 valence electrons. The fraction of sp³-hybridized carbons (Fsp3) is 0.588. The van der Waals surface area contributed by atoms with Crippen LogP contribution in [0, 0.1) is 11.7 Å². The number of amides is 1. The van der Waals surface area contributed by atoms with Crippen LogP contribution in [-0.4, -0.2) is 18.1 Å². The van der Waals surface area contributed by atoms with Gasteiger partial charge in [-0.25, -0.2) is 4.39 Å². The summed E-state index contributed by atoms with van der Waals surface area (Å²) in [5.74, 6) is -0.316. The van der Waals surface area contributed by atoms with Crippen molar-refractivity contribution in [3.05, 3.63) is 29.6 Å². The van der Waals surface area contributed by atoms with Crippen LogP contribution in [0.1, 0.15) is 50.6 Å². The van der Waals surface area contributed by atoms with E-state index in [4.69, 9.17) is 10.5 Å². The van der Waals surface area contributed by atoms with E-state index in [9.17, 15) is 9.18 Å². The second-order valence-corrected chi connectivity index (χ2v) is 6.66. The van der Waals surface area contributed by atoms with Gasteiger partial charge in [0.25, 0.3) is 0 Å². The van der Waals surface area contributed by atoms with Gasteiger partial charge in [0.15, 0.2) is 11.6 Å². The van der Waals surface area contributed by atoms with Crippen molar-refractivity contribution < 1.29 is 13.9 Å². The summed E-state index contributed by atoms with van der Waals surface area (Å²) >= 11 is 0. The highest BCUT2D eigenvalue weighted by molar-refractivity contribution is 5.85. The predicted octanol–water partition coefficient (Wildman–Crippen LogP) is 3.09. The molecule has 0 saturated heterocycles. The molecule has 23 heavy (non-hydrogen) atoms. The smallest absolute Gasteiger partial charge is 0.225 e. The first-order valence-electron chi connectivity index (χ1n) is 7.99. The summed E-state index contributed by atoms with van der Waals surface area (Å²) in [4.78, 5) is 12.7. The van der Waals surface area contributed by atoms with Crippen molar-refractivity contribution in [3.63, 3.8) is 0 Å². The summed E-state index contributed by atoms with van der Waals surface area (Å²) in [5, 5.41) is 3.06. The predicted molar refractivity (Wildman–Crippen MR) is 89.2 cm³/mol. The molecule has 1 aromatic rings. The third kappa shape index (κ3) is 3.61. The first kappa shape index (κ1) is 18.0. The Hall–Kier alpha value is -1.33. The molecule has 0 spiro atoms. The summed E-state index contributed by atoms with van der Waals surface area (Å²) < 4.78 is 19.2. The van der Waals surface area contributed by atoms with Crippen molar-refractivity contribution in [1.29, 1.82) is 0 Å². The molecule has 1 aromatic carbocycles. The highest BCUT2D eigenvalue weighted by atomic mass is 35.5. The zero-order valence-corrected chi connectivity index (χ0v) is 14.1. The third-order valence-electron chi connectivity index (χ3n) is 4.91. The molecule has 2 aliphatic rings.